The molecule has 2 aromatic carbocycles. The number of aromatic nitrogens is 3. The van der Waals surface area contributed by atoms with Crippen LogP contribution in [-0.2, 0) is 0 Å². The maximum atomic E-state index is 14.3. The first-order valence-electron chi connectivity index (χ1n) is 7.86. The summed E-state index contributed by atoms with van der Waals surface area (Å²) in [5.41, 5.74) is 1.44. The van der Waals surface area contributed by atoms with Crippen LogP contribution in [0.25, 0.3) is 16.6 Å². The smallest absolute Gasteiger partial charge is 0.258 e. The SMILES string of the molecule is O=C(Nc1cc(F)cc2c(-n3ccnc3)ccnc12)c1c(Cl)cccc1Cl. The number of anilines is 1. The van der Waals surface area contributed by atoms with Crippen LogP contribution in [0.1, 0.15) is 10.4 Å². The van der Waals surface area contributed by atoms with E-state index in [1.165, 1.54) is 12.1 Å². The third-order valence-electron chi connectivity index (χ3n) is 4.01. The summed E-state index contributed by atoms with van der Waals surface area (Å²) in [6.07, 6.45) is 6.53. The highest BCUT2D eigenvalue weighted by Crippen LogP contribution is 2.30. The van der Waals surface area contributed by atoms with Crippen molar-refractivity contribution < 1.29 is 9.18 Å². The Hall–Kier alpha value is -2.96. The second-order valence-electron chi connectivity index (χ2n) is 5.70. The number of carbonyl (C=O) groups excluding carboxylic acids is 1. The van der Waals surface area contributed by atoms with Crippen molar-refractivity contribution in [2.75, 3.05) is 5.32 Å². The molecular weight excluding hydrogens is 390 g/mol. The topological polar surface area (TPSA) is 59.8 Å². The second-order valence-corrected chi connectivity index (χ2v) is 6.51. The molecule has 0 saturated heterocycles. The summed E-state index contributed by atoms with van der Waals surface area (Å²) < 4.78 is 16.0. The minimum Gasteiger partial charge on any atom is -0.320 e. The molecule has 27 heavy (non-hydrogen) atoms. The van der Waals surface area contributed by atoms with Gasteiger partial charge in [-0.25, -0.2) is 9.37 Å². The first-order chi connectivity index (χ1) is 13.0. The Labute approximate surface area is 163 Å². The first-order valence-corrected chi connectivity index (χ1v) is 8.62. The molecule has 8 heteroatoms. The Kier molecular flexibility index (Phi) is 4.51. The molecule has 0 bridgehead atoms. The molecule has 0 fully saturated rings. The fraction of sp³-hybridized carbons (Fsp3) is 0. The lowest BCUT2D eigenvalue weighted by molar-refractivity contribution is 0.102. The summed E-state index contributed by atoms with van der Waals surface area (Å²) >= 11 is 12.2. The van der Waals surface area contributed by atoms with Crippen molar-refractivity contribution in [3.05, 3.63) is 82.7 Å². The highest BCUT2D eigenvalue weighted by molar-refractivity contribution is 6.40. The van der Waals surface area contributed by atoms with E-state index < -0.39 is 11.7 Å². The molecular formula is C19H11Cl2FN4O. The molecule has 0 unspecified atom stereocenters. The van der Waals surface area contributed by atoms with Crippen molar-refractivity contribution in [3.8, 4) is 5.69 Å². The van der Waals surface area contributed by atoms with Gasteiger partial charge >= 0.3 is 0 Å². The van der Waals surface area contributed by atoms with Crippen LogP contribution in [-0.4, -0.2) is 20.4 Å². The first kappa shape index (κ1) is 17.5. The van der Waals surface area contributed by atoms with Crippen molar-refractivity contribution >= 4 is 45.7 Å². The van der Waals surface area contributed by atoms with Crippen LogP contribution in [0.4, 0.5) is 10.1 Å². The largest absolute Gasteiger partial charge is 0.320 e. The van der Waals surface area contributed by atoms with E-state index >= 15 is 0 Å². The Morgan fingerprint density at radius 1 is 1.11 bits per heavy atom. The lowest BCUT2D eigenvalue weighted by Gasteiger charge is -2.13. The molecule has 5 nitrogen and oxygen atoms in total. The summed E-state index contributed by atoms with van der Waals surface area (Å²) in [6, 6.07) is 9.05. The quantitative estimate of drug-likeness (QED) is 0.519. The zero-order valence-corrected chi connectivity index (χ0v) is 15.2. The van der Waals surface area contributed by atoms with Gasteiger partial charge in [-0.1, -0.05) is 29.3 Å². The van der Waals surface area contributed by atoms with E-state index in [4.69, 9.17) is 23.2 Å². The van der Waals surface area contributed by atoms with Gasteiger partial charge in [-0.3, -0.25) is 9.78 Å². The number of amides is 1. The van der Waals surface area contributed by atoms with Crippen molar-refractivity contribution in [2.45, 2.75) is 0 Å². The maximum absolute atomic E-state index is 14.3. The third-order valence-corrected chi connectivity index (χ3v) is 4.64. The number of hydrogen-bond acceptors (Lipinski definition) is 3. The Morgan fingerprint density at radius 2 is 1.89 bits per heavy atom. The number of benzene rings is 2. The third kappa shape index (κ3) is 3.25. The van der Waals surface area contributed by atoms with Crippen LogP contribution in [0, 0.1) is 5.82 Å². The van der Waals surface area contributed by atoms with E-state index in [0.29, 0.717) is 16.6 Å². The molecule has 134 valence electrons. The molecule has 2 aromatic heterocycles. The normalized spacial score (nSPS) is 10.9. The molecule has 0 radical (unpaired) electrons. The molecule has 1 amide bonds. The van der Waals surface area contributed by atoms with E-state index in [1.54, 1.807) is 53.8 Å². The molecule has 0 aliphatic heterocycles. The number of imidazole rings is 1. The van der Waals surface area contributed by atoms with Crippen molar-refractivity contribution in [3.63, 3.8) is 0 Å². The van der Waals surface area contributed by atoms with Gasteiger partial charge in [0, 0.05) is 24.0 Å². The minimum absolute atomic E-state index is 0.115. The highest BCUT2D eigenvalue weighted by atomic mass is 35.5. The molecule has 1 N–H and O–H groups in total. The van der Waals surface area contributed by atoms with Gasteiger partial charge < -0.3 is 9.88 Å². The number of carbonyl (C=O) groups is 1. The fourth-order valence-corrected chi connectivity index (χ4v) is 3.40. The number of pyridine rings is 1. The van der Waals surface area contributed by atoms with Gasteiger partial charge in [0.15, 0.2) is 0 Å². The van der Waals surface area contributed by atoms with Crippen LogP contribution < -0.4 is 5.32 Å². The average Bonchev–Trinajstić information content (AvgIpc) is 3.15. The van der Waals surface area contributed by atoms with E-state index in [-0.39, 0.29) is 21.3 Å². The van der Waals surface area contributed by atoms with E-state index in [0.717, 1.165) is 0 Å². The van der Waals surface area contributed by atoms with Gasteiger partial charge in [-0.05, 0) is 30.3 Å². The van der Waals surface area contributed by atoms with Gasteiger partial charge in [-0.15, -0.1) is 0 Å². The summed E-state index contributed by atoms with van der Waals surface area (Å²) in [4.78, 5) is 21.0. The van der Waals surface area contributed by atoms with Crippen molar-refractivity contribution in [1.82, 2.24) is 14.5 Å². The summed E-state index contributed by atoms with van der Waals surface area (Å²) in [5, 5.41) is 3.59. The van der Waals surface area contributed by atoms with Crippen LogP contribution in [0.3, 0.4) is 0 Å². The molecule has 0 atom stereocenters. The monoisotopic (exact) mass is 400 g/mol. The fourth-order valence-electron chi connectivity index (χ4n) is 2.83. The summed E-state index contributed by atoms with van der Waals surface area (Å²) in [7, 11) is 0. The predicted octanol–water partition coefficient (Wildman–Crippen LogP) is 5.12. The van der Waals surface area contributed by atoms with Crippen LogP contribution >= 0.6 is 23.2 Å². The Balaban J connectivity index is 1.83. The number of fused-ring (bicyclic) bond motifs is 1. The molecule has 4 rings (SSSR count). The molecule has 0 saturated carbocycles. The molecule has 2 heterocycles. The molecule has 0 spiro atoms. The molecule has 0 aliphatic carbocycles. The minimum atomic E-state index is -0.549. The number of nitrogens with one attached hydrogen (secondary N) is 1. The number of nitrogens with zero attached hydrogens (tertiary/aromatic N) is 3. The summed E-state index contributed by atoms with van der Waals surface area (Å²) in [6.45, 7) is 0. The van der Waals surface area contributed by atoms with Crippen molar-refractivity contribution in [1.29, 1.82) is 0 Å². The van der Waals surface area contributed by atoms with Gasteiger partial charge in [-0.2, -0.15) is 0 Å². The van der Waals surface area contributed by atoms with Gasteiger partial charge in [0.1, 0.15) is 5.82 Å². The molecule has 0 aliphatic rings. The Bertz CT molecular complexity index is 1140. The van der Waals surface area contributed by atoms with E-state index in [9.17, 15) is 9.18 Å². The van der Waals surface area contributed by atoms with Gasteiger partial charge in [0.05, 0.1) is 38.8 Å². The zero-order valence-electron chi connectivity index (χ0n) is 13.7. The van der Waals surface area contributed by atoms with Crippen LogP contribution in [0.5, 0.6) is 0 Å². The van der Waals surface area contributed by atoms with Crippen molar-refractivity contribution in [2.24, 2.45) is 0 Å². The van der Waals surface area contributed by atoms with E-state index in [1.807, 2.05) is 0 Å². The van der Waals surface area contributed by atoms with Gasteiger partial charge in [0.25, 0.3) is 5.91 Å². The Morgan fingerprint density at radius 3 is 2.59 bits per heavy atom. The van der Waals surface area contributed by atoms with E-state index in [2.05, 4.69) is 15.3 Å². The zero-order chi connectivity index (χ0) is 19.0. The van der Waals surface area contributed by atoms with Gasteiger partial charge in [0.2, 0.25) is 0 Å². The standard InChI is InChI=1S/C19H11Cl2FN4O/c20-13-2-1-3-14(21)17(13)19(27)25-15-9-11(22)8-12-16(4-5-24-18(12)15)26-7-6-23-10-26/h1-10H,(H,25,27). The lowest BCUT2D eigenvalue weighted by Crippen LogP contribution is -2.14. The summed E-state index contributed by atoms with van der Waals surface area (Å²) in [5.74, 6) is -1.07. The maximum Gasteiger partial charge on any atom is 0.258 e. The molecule has 4 aromatic rings. The van der Waals surface area contributed by atoms with Crippen LogP contribution in [0.2, 0.25) is 10.0 Å². The van der Waals surface area contributed by atoms with Crippen LogP contribution in [0.15, 0.2) is 61.3 Å². The number of rotatable bonds is 3. The highest BCUT2D eigenvalue weighted by Gasteiger charge is 2.17. The predicted molar refractivity (Wildman–Crippen MR) is 103 cm³/mol. The average molecular weight is 401 g/mol. The number of halogens is 3. The second kappa shape index (κ2) is 6.98. The lowest BCUT2D eigenvalue weighted by atomic mass is 10.1. The number of hydrogen-bond donors (Lipinski definition) is 1.